The summed E-state index contributed by atoms with van der Waals surface area (Å²) in [5.41, 5.74) is 6.55. The second-order valence-corrected chi connectivity index (χ2v) is 10.2. The van der Waals surface area contributed by atoms with Crippen LogP contribution in [-0.4, -0.2) is 51.6 Å². The quantitative estimate of drug-likeness (QED) is 0.318. The number of aromatic nitrogens is 4. The molecular weight excluding hydrogens is 464 g/mol. The number of aryl methyl sites for hydroxylation is 1. The third kappa shape index (κ3) is 5.20. The number of carbonyl (C=O) groups is 1. The van der Waals surface area contributed by atoms with Crippen LogP contribution in [0.1, 0.15) is 31.4 Å². The summed E-state index contributed by atoms with van der Waals surface area (Å²) < 4.78 is 5.72. The van der Waals surface area contributed by atoms with Crippen LogP contribution >= 0.6 is 0 Å². The second-order valence-electron chi connectivity index (χ2n) is 10.2. The number of hydrogen-bond donors (Lipinski definition) is 3. The van der Waals surface area contributed by atoms with E-state index in [2.05, 4.69) is 48.8 Å². The fourth-order valence-electron chi connectivity index (χ4n) is 5.30. The van der Waals surface area contributed by atoms with Crippen molar-refractivity contribution in [3.05, 3.63) is 60.7 Å². The molecule has 0 radical (unpaired) electrons. The van der Waals surface area contributed by atoms with Crippen molar-refractivity contribution in [1.82, 2.24) is 25.3 Å². The van der Waals surface area contributed by atoms with Gasteiger partial charge in [-0.25, -0.2) is 4.98 Å². The fourth-order valence-corrected chi connectivity index (χ4v) is 5.30. The summed E-state index contributed by atoms with van der Waals surface area (Å²) in [5, 5.41) is 7.87. The number of rotatable bonds is 7. The van der Waals surface area contributed by atoms with Crippen molar-refractivity contribution in [1.29, 1.82) is 0 Å². The number of piperidine rings is 1. The standard InChI is InChI=1S/C29H32N6O2/c1-18-3-2-4-26(35-18)28-27(33-17-34-28)20-5-6-25-21(13-20)14-23(16-32-25)31-15-19-11-22(12-19)29(36)37-24-7-9-30-10-8-24/h2-6,13-14,16-17,19,22,24,30-31H,7-12,15H2,1H3,(H,33,34)/t19-,22-. The lowest BCUT2D eigenvalue weighted by atomic mass is 9.75. The summed E-state index contributed by atoms with van der Waals surface area (Å²) in [4.78, 5) is 29.6. The van der Waals surface area contributed by atoms with Crippen LogP contribution in [0.15, 0.2) is 55.0 Å². The van der Waals surface area contributed by atoms with Crippen LogP contribution < -0.4 is 10.6 Å². The summed E-state index contributed by atoms with van der Waals surface area (Å²) in [6.07, 6.45) is 7.29. The van der Waals surface area contributed by atoms with Gasteiger partial charge in [-0.1, -0.05) is 12.1 Å². The summed E-state index contributed by atoms with van der Waals surface area (Å²) in [7, 11) is 0. The first-order chi connectivity index (χ1) is 18.1. The average molecular weight is 497 g/mol. The largest absolute Gasteiger partial charge is 0.462 e. The van der Waals surface area contributed by atoms with Crippen molar-refractivity contribution < 1.29 is 9.53 Å². The van der Waals surface area contributed by atoms with Gasteiger partial charge in [-0.2, -0.15) is 0 Å². The van der Waals surface area contributed by atoms with Crippen molar-refractivity contribution in [2.45, 2.75) is 38.7 Å². The lowest BCUT2D eigenvalue weighted by Crippen LogP contribution is -2.39. The van der Waals surface area contributed by atoms with E-state index in [-0.39, 0.29) is 18.0 Å². The van der Waals surface area contributed by atoms with E-state index in [0.29, 0.717) is 5.92 Å². The van der Waals surface area contributed by atoms with Gasteiger partial charge in [-0.15, -0.1) is 0 Å². The van der Waals surface area contributed by atoms with E-state index in [1.807, 2.05) is 37.4 Å². The number of aromatic amines is 1. The molecule has 0 bridgehead atoms. The number of carbonyl (C=O) groups excluding carboxylic acids is 1. The van der Waals surface area contributed by atoms with Crippen molar-refractivity contribution >= 4 is 22.6 Å². The molecule has 8 heteroatoms. The van der Waals surface area contributed by atoms with Gasteiger partial charge in [0.1, 0.15) is 6.10 Å². The molecule has 37 heavy (non-hydrogen) atoms. The van der Waals surface area contributed by atoms with E-state index in [4.69, 9.17) is 4.74 Å². The van der Waals surface area contributed by atoms with E-state index in [0.717, 1.165) is 90.2 Å². The Labute approximate surface area is 216 Å². The van der Waals surface area contributed by atoms with Gasteiger partial charge in [0, 0.05) is 23.2 Å². The molecule has 0 unspecified atom stereocenters. The highest BCUT2D eigenvalue weighted by Gasteiger charge is 2.36. The first-order valence-electron chi connectivity index (χ1n) is 13.1. The molecule has 1 aromatic carbocycles. The summed E-state index contributed by atoms with van der Waals surface area (Å²) in [6.45, 7) is 4.68. The molecule has 4 aromatic rings. The molecule has 2 aliphatic rings. The van der Waals surface area contributed by atoms with Gasteiger partial charge < -0.3 is 20.4 Å². The molecule has 3 aromatic heterocycles. The van der Waals surface area contributed by atoms with Crippen LogP contribution in [0.4, 0.5) is 5.69 Å². The van der Waals surface area contributed by atoms with Gasteiger partial charge in [0.15, 0.2) is 0 Å². The van der Waals surface area contributed by atoms with Crippen molar-refractivity contribution in [2.75, 3.05) is 25.0 Å². The van der Waals surface area contributed by atoms with Gasteiger partial charge in [-0.05, 0) is 81.9 Å². The zero-order valence-electron chi connectivity index (χ0n) is 21.0. The number of benzene rings is 1. The third-order valence-electron chi connectivity index (χ3n) is 7.47. The molecule has 8 nitrogen and oxygen atoms in total. The highest BCUT2D eigenvalue weighted by atomic mass is 16.5. The number of imidazole rings is 1. The molecule has 1 saturated heterocycles. The smallest absolute Gasteiger partial charge is 0.309 e. The number of esters is 1. The van der Waals surface area contributed by atoms with E-state index in [9.17, 15) is 4.79 Å². The molecule has 6 rings (SSSR count). The van der Waals surface area contributed by atoms with Crippen LogP contribution in [0, 0.1) is 18.8 Å². The minimum absolute atomic E-state index is 0.0124. The Morgan fingerprint density at radius 3 is 2.81 bits per heavy atom. The van der Waals surface area contributed by atoms with Crippen molar-refractivity contribution in [2.24, 2.45) is 11.8 Å². The van der Waals surface area contributed by atoms with Crippen LogP contribution in [-0.2, 0) is 9.53 Å². The van der Waals surface area contributed by atoms with E-state index in [1.54, 1.807) is 6.33 Å². The summed E-state index contributed by atoms with van der Waals surface area (Å²) >= 11 is 0. The minimum Gasteiger partial charge on any atom is -0.462 e. The Kier molecular flexibility index (Phi) is 6.57. The van der Waals surface area contributed by atoms with Gasteiger partial charge >= 0.3 is 5.97 Å². The normalized spacial score (nSPS) is 19.9. The Morgan fingerprint density at radius 1 is 1.11 bits per heavy atom. The van der Waals surface area contributed by atoms with E-state index >= 15 is 0 Å². The first-order valence-corrected chi connectivity index (χ1v) is 13.1. The minimum atomic E-state index is -0.0124. The van der Waals surface area contributed by atoms with Gasteiger partial charge in [0.25, 0.3) is 0 Å². The predicted octanol–water partition coefficient (Wildman–Crippen LogP) is 4.73. The average Bonchev–Trinajstić information content (AvgIpc) is 3.38. The van der Waals surface area contributed by atoms with Gasteiger partial charge in [0.05, 0.1) is 46.7 Å². The second kappa shape index (κ2) is 10.3. The molecular formula is C29H32N6O2. The molecule has 0 amide bonds. The van der Waals surface area contributed by atoms with Gasteiger partial charge in [0.2, 0.25) is 0 Å². The Hall–Kier alpha value is -3.78. The number of nitrogens with zero attached hydrogens (tertiary/aromatic N) is 3. The molecule has 3 N–H and O–H groups in total. The zero-order chi connectivity index (χ0) is 25.2. The highest BCUT2D eigenvalue weighted by molar-refractivity contribution is 5.88. The van der Waals surface area contributed by atoms with Crippen LogP contribution in [0.5, 0.6) is 0 Å². The van der Waals surface area contributed by atoms with Crippen LogP contribution in [0.25, 0.3) is 33.5 Å². The number of anilines is 1. The van der Waals surface area contributed by atoms with Crippen molar-refractivity contribution in [3.8, 4) is 22.6 Å². The number of H-pyrrole nitrogens is 1. The number of ether oxygens (including phenoxy) is 1. The van der Waals surface area contributed by atoms with E-state index in [1.165, 1.54) is 0 Å². The maximum absolute atomic E-state index is 12.4. The van der Waals surface area contributed by atoms with E-state index < -0.39 is 0 Å². The summed E-state index contributed by atoms with van der Waals surface area (Å²) in [5.74, 6) is 0.507. The molecule has 0 atom stereocenters. The maximum Gasteiger partial charge on any atom is 0.309 e. The zero-order valence-corrected chi connectivity index (χ0v) is 21.0. The topological polar surface area (TPSA) is 105 Å². The monoisotopic (exact) mass is 496 g/mol. The lowest BCUT2D eigenvalue weighted by Gasteiger charge is -2.35. The van der Waals surface area contributed by atoms with Crippen LogP contribution in [0.3, 0.4) is 0 Å². The molecule has 1 saturated carbocycles. The number of hydrogen-bond acceptors (Lipinski definition) is 7. The molecule has 1 aliphatic heterocycles. The molecule has 4 heterocycles. The SMILES string of the molecule is Cc1cccc(-c2[nH]cnc2-c2ccc3ncc(NC[C@H]4C[C@H](C(=O)OC5CCNCC5)C4)cc3c2)n1. The predicted molar refractivity (Wildman–Crippen MR) is 144 cm³/mol. The Bertz CT molecular complexity index is 1400. The molecule has 190 valence electrons. The highest BCUT2D eigenvalue weighted by Crippen LogP contribution is 2.36. The first kappa shape index (κ1) is 23.6. The molecule has 2 fully saturated rings. The Balaban J connectivity index is 1.09. The third-order valence-corrected chi connectivity index (χ3v) is 7.47. The number of nitrogens with one attached hydrogen (secondary N) is 3. The molecule has 0 spiro atoms. The van der Waals surface area contributed by atoms with Crippen molar-refractivity contribution in [3.63, 3.8) is 0 Å². The molecule has 1 aliphatic carbocycles. The lowest BCUT2D eigenvalue weighted by molar-refractivity contribution is -0.159. The number of fused-ring (bicyclic) bond motifs is 1. The van der Waals surface area contributed by atoms with Gasteiger partial charge in [-0.3, -0.25) is 14.8 Å². The Morgan fingerprint density at radius 2 is 1.97 bits per heavy atom. The van der Waals surface area contributed by atoms with Crippen LogP contribution in [0.2, 0.25) is 0 Å². The maximum atomic E-state index is 12.4. The summed E-state index contributed by atoms with van der Waals surface area (Å²) in [6, 6.07) is 14.3. The fraction of sp³-hybridized carbons (Fsp3) is 0.379. The number of pyridine rings is 2.